The molecule has 0 fully saturated rings. The van der Waals surface area contributed by atoms with Gasteiger partial charge in [-0.25, -0.2) is 4.98 Å². The average molecular weight is 290 g/mol. The quantitative estimate of drug-likeness (QED) is 0.799. The summed E-state index contributed by atoms with van der Waals surface area (Å²) < 4.78 is 1.98. The number of fused-ring (bicyclic) bond motifs is 1. The highest BCUT2D eigenvalue weighted by Gasteiger charge is 2.21. The fraction of sp³-hybridized carbons (Fsp3) is 0.222. The van der Waals surface area contributed by atoms with E-state index in [2.05, 4.69) is 35.4 Å². The number of benzene rings is 1. The van der Waals surface area contributed by atoms with Crippen LogP contribution in [0.3, 0.4) is 0 Å². The molecular weight excluding hydrogens is 272 g/mol. The van der Waals surface area contributed by atoms with Gasteiger partial charge in [-0.2, -0.15) is 5.26 Å². The minimum atomic E-state index is -0.410. The van der Waals surface area contributed by atoms with Crippen LogP contribution in [0.5, 0.6) is 0 Å². The van der Waals surface area contributed by atoms with Crippen LogP contribution < -0.4 is 5.32 Å². The Morgan fingerprint density at radius 3 is 2.59 bits per heavy atom. The fourth-order valence-corrected chi connectivity index (χ4v) is 2.75. The van der Waals surface area contributed by atoms with E-state index in [9.17, 15) is 5.26 Å². The summed E-state index contributed by atoms with van der Waals surface area (Å²) in [4.78, 5) is 4.53. The van der Waals surface area contributed by atoms with E-state index in [4.69, 9.17) is 0 Å². The molecule has 22 heavy (non-hydrogen) atoms. The van der Waals surface area contributed by atoms with Crippen molar-refractivity contribution < 1.29 is 0 Å². The number of aromatic nitrogens is 2. The Kier molecular flexibility index (Phi) is 3.90. The summed E-state index contributed by atoms with van der Waals surface area (Å²) in [6, 6.07) is 18.0. The molecular formula is C18H18N4. The fourth-order valence-electron chi connectivity index (χ4n) is 2.75. The third-order valence-corrected chi connectivity index (χ3v) is 3.87. The van der Waals surface area contributed by atoms with Crippen molar-refractivity contribution in [2.75, 3.05) is 0 Å². The Bertz CT molecular complexity index is 814. The lowest BCUT2D eigenvalue weighted by Gasteiger charge is -2.19. The summed E-state index contributed by atoms with van der Waals surface area (Å²) in [7, 11) is 0. The van der Waals surface area contributed by atoms with E-state index in [1.165, 1.54) is 0 Å². The molecule has 0 amide bonds. The summed E-state index contributed by atoms with van der Waals surface area (Å²) in [6.45, 7) is 4.01. The molecule has 110 valence electrons. The van der Waals surface area contributed by atoms with Gasteiger partial charge < -0.3 is 4.40 Å². The number of imidazole rings is 1. The van der Waals surface area contributed by atoms with Crippen LogP contribution in [0.25, 0.3) is 5.65 Å². The second-order valence-electron chi connectivity index (χ2n) is 5.37. The minimum Gasteiger partial charge on any atom is -0.301 e. The smallest absolute Gasteiger partial charge is 0.139 e. The number of nitriles is 1. The van der Waals surface area contributed by atoms with E-state index in [1.807, 2.05) is 53.9 Å². The van der Waals surface area contributed by atoms with Gasteiger partial charge >= 0.3 is 0 Å². The number of pyridine rings is 1. The molecule has 0 bridgehead atoms. The van der Waals surface area contributed by atoms with E-state index in [0.29, 0.717) is 0 Å². The number of hydrogen-bond donors (Lipinski definition) is 1. The molecule has 3 rings (SSSR count). The first-order valence-electron chi connectivity index (χ1n) is 7.35. The van der Waals surface area contributed by atoms with Crippen LogP contribution in [0, 0.1) is 18.3 Å². The Morgan fingerprint density at radius 1 is 1.14 bits per heavy atom. The standard InChI is InChI=1S/C18H18N4/c1-13(15-8-4-3-5-9-15)20-16(12-19)18-14(2)21-17-10-6-7-11-22(17)18/h3-11,13,16,20H,1-2H3. The first kappa shape index (κ1) is 14.3. The van der Waals surface area contributed by atoms with Crippen molar-refractivity contribution in [3.05, 3.63) is 71.7 Å². The van der Waals surface area contributed by atoms with Crippen molar-refractivity contribution in [1.82, 2.24) is 14.7 Å². The number of rotatable bonds is 4. The molecule has 2 unspecified atom stereocenters. The lowest BCUT2D eigenvalue weighted by atomic mass is 10.1. The Hall–Kier alpha value is -2.64. The van der Waals surface area contributed by atoms with Crippen LogP contribution in [0.2, 0.25) is 0 Å². The highest BCUT2D eigenvalue weighted by Crippen LogP contribution is 2.23. The molecule has 0 spiro atoms. The average Bonchev–Trinajstić information content (AvgIpc) is 2.89. The van der Waals surface area contributed by atoms with E-state index in [1.54, 1.807) is 0 Å². The van der Waals surface area contributed by atoms with Gasteiger partial charge in [-0.15, -0.1) is 0 Å². The van der Waals surface area contributed by atoms with Gasteiger partial charge in [0, 0.05) is 12.2 Å². The molecule has 1 N–H and O–H groups in total. The largest absolute Gasteiger partial charge is 0.301 e. The topological polar surface area (TPSA) is 53.1 Å². The van der Waals surface area contributed by atoms with E-state index in [0.717, 1.165) is 22.6 Å². The maximum absolute atomic E-state index is 9.62. The molecule has 0 radical (unpaired) electrons. The minimum absolute atomic E-state index is 0.0829. The Morgan fingerprint density at radius 2 is 1.86 bits per heavy atom. The van der Waals surface area contributed by atoms with Gasteiger partial charge in [0.15, 0.2) is 0 Å². The zero-order valence-corrected chi connectivity index (χ0v) is 12.7. The monoisotopic (exact) mass is 290 g/mol. The normalized spacial score (nSPS) is 13.7. The zero-order chi connectivity index (χ0) is 15.5. The van der Waals surface area contributed by atoms with Gasteiger partial charge in [0.1, 0.15) is 11.7 Å². The van der Waals surface area contributed by atoms with Crippen LogP contribution in [0.1, 0.15) is 36.0 Å². The molecule has 0 saturated carbocycles. The molecule has 4 heteroatoms. The maximum atomic E-state index is 9.62. The third kappa shape index (κ3) is 2.59. The first-order valence-corrected chi connectivity index (χ1v) is 7.35. The number of hydrogen-bond acceptors (Lipinski definition) is 3. The molecule has 0 aliphatic carbocycles. The zero-order valence-electron chi connectivity index (χ0n) is 12.7. The van der Waals surface area contributed by atoms with Crippen LogP contribution in [0.4, 0.5) is 0 Å². The molecule has 2 aromatic heterocycles. The predicted molar refractivity (Wildman–Crippen MR) is 86.3 cm³/mol. The van der Waals surface area contributed by atoms with Gasteiger partial charge in [-0.1, -0.05) is 36.4 Å². The summed E-state index contributed by atoms with van der Waals surface area (Å²) in [5.74, 6) is 0. The Labute approximate surface area is 130 Å². The van der Waals surface area contributed by atoms with Crippen molar-refractivity contribution in [2.24, 2.45) is 0 Å². The number of nitrogens with zero attached hydrogens (tertiary/aromatic N) is 3. The molecule has 0 aliphatic heterocycles. The summed E-state index contributed by atoms with van der Waals surface area (Å²) in [5, 5.41) is 13.0. The van der Waals surface area contributed by atoms with Crippen LogP contribution >= 0.6 is 0 Å². The van der Waals surface area contributed by atoms with E-state index >= 15 is 0 Å². The lowest BCUT2D eigenvalue weighted by molar-refractivity contribution is 0.522. The van der Waals surface area contributed by atoms with Crippen molar-refractivity contribution in [3.8, 4) is 6.07 Å². The second kappa shape index (κ2) is 6.00. The van der Waals surface area contributed by atoms with Crippen molar-refractivity contribution in [1.29, 1.82) is 5.26 Å². The van der Waals surface area contributed by atoms with Crippen molar-refractivity contribution in [3.63, 3.8) is 0 Å². The summed E-state index contributed by atoms with van der Waals surface area (Å²) >= 11 is 0. The Balaban J connectivity index is 1.94. The van der Waals surface area contributed by atoms with Gasteiger partial charge in [-0.3, -0.25) is 5.32 Å². The third-order valence-electron chi connectivity index (χ3n) is 3.87. The SMILES string of the molecule is Cc1nc2ccccn2c1C(C#N)NC(C)c1ccccc1. The molecule has 2 atom stereocenters. The van der Waals surface area contributed by atoms with Gasteiger partial charge in [0.2, 0.25) is 0 Å². The molecule has 4 nitrogen and oxygen atoms in total. The highest BCUT2D eigenvalue weighted by atomic mass is 15.1. The van der Waals surface area contributed by atoms with E-state index < -0.39 is 6.04 Å². The summed E-state index contributed by atoms with van der Waals surface area (Å²) in [6.07, 6.45) is 1.95. The second-order valence-corrected chi connectivity index (χ2v) is 5.37. The molecule has 1 aromatic carbocycles. The molecule has 0 saturated heterocycles. The highest BCUT2D eigenvalue weighted by molar-refractivity contribution is 5.44. The predicted octanol–water partition coefficient (Wildman–Crippen LogP) is 3.56. The van der Waals surface area contributed by atoms with E-state index in [-0.39, 0.29) is 6.04 Å². The molecule has 0 aliphatic rings. The first-order chi connectivity index (χ1) is 10.7. The van der Waals surface area contributed by atoms with Gasteiger partial charge in [-0.05, 0) is 31.5 Å². The molecule has 2 heterocycles. The van der Waals surface area contributed by atoms with Gasteiger partial charge in [0.25, 0.3) is 0 Å². The molecule has 3 aromatic rings. The van der Waals surface area contributed by atoms with Crippen LogP contribution in [0.15, 0.2) is 54.7 Å². The summed E-state index contributed by atoms with van der Waals surface area (Å²) in [5.41, 5.74) is 3.81. The van der Waals surface area contributed by atoms with Crippen LogP contribution in [-0.2, 0) is 0 Å². The number of nitrogens with one attached hydrogen (secondary N) is 1. The van der Waals surface area contributed by atoms with Gasteiger partial charge in [0.05, 0.1) is 17.5 Å². The van der Waals surface area contributed by atoms with Crippen LogP contribution in [-0.4, -0.2) is 9.38 Å². The maximum Gasteiger partial charge on any atom is 0.139 e. The lowest BCUT2D eigenvalue weighted by Crippen LogP contribution is -2.25. The number of aryl methyl sites for hydroxylation is 1. The van der Waals surface area contributed by atoms with Crippen molar-refractivity contribution >= 4 is 5.65 Å². The van der Waals surface area contributed by atoms with Crippen molar-refractivity contribution in [2.45, 2.75) is 25.9 Å².